The first kappa shape index (κ1) is 22.8. The second-order valence-corrected chi connectivity index (χ2v) is 11.6. The van der Waals surface area contributed by atoms with Crippen molar-refractivity contribution < 1.29 is 9.90 Å². The van der Waals surface area contributed by atoms with Gasteiger partial charge >= 0.3 is 5.97 Å². The molecule has 4 aromatic rings. The molecule has 0 unspecified atom stereocenters. The first-order valence-electron chi connectivity index (χ1n) is 11.9. The molecule has 34 heavy (non-hydrogen) atoms. The molecule has 1 heterocycles. The average Bonchev–Trinajstić information content (AvgIpc) is 3.15. The molecule has 0 saturated carbocycles. The number of aromatic carboxylic acids is 1. The Morgan fingerprint density at radius 1 is 1.00 bits per heavy atom. The Morgan fingerprint density at radius 2 is 1.71 bits per heavy atom. The maximum Gasteiger partial charge on any atom is 0.337 e. The number of rotatable bonds is 5. The largest absolute Gasteiger partial charge is 0.478 e. The summed E-state index contributed by atoms with van der Waals surface area (Å²) in [5.74, 6) is -0.806. The van der Waals surface area contributed by atoms with Crippen LogP contribution in [0.2, 0.25) is 0 Å². The van der Waals surface area contributed by atoms with Gasteiger partial charge in [0.05, 0.1) is 5.56 Å². The molecule has 0 spiro atoms. The molecule has 0 fully saturated rings. The summed E-state index contributed by atoms with van der Waals surface area (Å²) < 4.78 is 0. The minimum atomic E-state index is -0.806. The van der Waals surface area contributed by atoms with E-state index >= 15 is 0 Å². The van der Waals surface area contributed by atoms with Crippen LogP contribution in [0.3, 0.4) is 0 Å². The fourth-order valence-electron chi connectivity index (χ4n) is 5.17. The second kappa shape index (κ2) is 8.68. The van der Waals surface area contributed by atoms with Crippen molar-refractivity contribution in [1.82, 2.24) is 4.90 Å². The highest BCUT2D eigenvalue weighted by atomic mass is 32.1. The van der Waals surface area contributed by atoms with Crippen molar-refractivity contribution in [3.63, 3.8) is 0 Å². The summed E-state index contributed by atoms with van der Waals surface area (Å²) in [5.41, 5.74) is 6.26. The predicted molar refractivity (Wildman–Crippen MR) is 143 cm³/mol. The molecule has 0 saturated heterocycles. The van der Waals surface area contributed by atoms with Crippen LogP contribution in [0, 0.1) is 5.41 Å². The standard InChI is InChI=1S/C30H31NO2S/c1-30(2)14-13-26-25(17-30)27(29(32)33)28(34-26)24-12-11-22(16-23(24)18-31(3)4)21-10-9-19-7-5-6-8-20(19)15-21/h5-12,15-16H,13-14,17-18H2,1-4H3,(H,32,33). The van der Waals surface area contributed by atoms with Crippen molar-refractivity contribution in [2.24, 2.45) is 5.41 Å². The van der Waals surface area contributed by atoms with Crippen LogP contribution in [-0.4, -0.2) is 30.1 Å². The van der Waals surface area contributed by atoms with Crippen molar-refractivity contribution in [1.29, 1.82) is 0 Å². The lowest BCUT2D eigenvalue weighted by atomic mass is 9.76. The number of carbonyl (C=O) groups is 1. The van der Waals surface area contributed by atoms with Gasteiger partial charge in [-0.3, -0.25) is 0 Å². The van der Waals surface area contributed by atoms with E-state index in [0.29, 0.717) is 5.56 Å². The molecular weight excluding hydrogens is 438 g/mol. The normalized spacial score (nSPS) is 15.0. The molecule has 0 amide bonds. The van der Waals surface area contributed by atoms with Crippen LogP contribution in [0.1, 0.15) is 46.6 Å². The Bertz CT molecular complexity index is 1400. The molecule has 1 aliphatic carbocycles. The Kier molecular flexibility index (Phi) is 5.83. The van der Waals surface area contributed by atoms with E-state index in [1.165, 1.54) is 21.2 Å². The number of thiophene rings is 1. The smallest absolute Gasteiger partial charge is 0.337 e. The molecule has 1 N–H and O–H groups in total. The van der Waals surface area contributed by atoms with Gasteiger partial charge < -0.3 is 10.0 Å². The zero-order valence-corrected chi connectivity index (χ0v) is 21.1. The third-order valence-corrected chi connectivity index (χ3v) is 8.23. The van der Waals surface area contributed by atoms with E-state index in [1.54, 1.807) is 11.3 Å². The van der Waals surface area contributed by atoms with E-state index in [1.807, 2.05) is 0 Å². The van der Waals surface area contributed by atoms with Crippen molar-refractivity contribution in [3.05, 3.63) is 82.2 Å². The highest BCUT2D eigenvalue weighted by Gasteiger charge is 2.33. The summed E-state index contributed by atoms with van der Waals surface area (Å²) in [7, 11) is 4.12. The highest BCUT2D eigenvalue weighted by molar-refractivity contribution is 7.16. The lowest BCUT2D eigenvalue weighted by molar-refractivity contribution is 0.0696. The van der Waals surface area contributed by atoms with Gasteiger partial charge in [0.15, 0.2) is 0 Å². The molecule has 1 aliphatic rings. The van der Waals surface area contributed by atoms with Gasteiger partial charge in [0.2, 0.25) is 0 Å². The number of hydrogen-bond donors (Lipinski definition) is 1. The molecule has 0 bridgehead atoms. The number of benzene rings is 3. The first-order chi connectivity index (χ1) is 16.2. The third kappa shape index (κ3) is 4.28. The third-order valence-electron chi connectivity index (χ3n) is 6.91. The van der Waals surface area contributed by atoms with Gasteiger partial charge in [-0.15, -0.1) is 11.3 Å². The van der Waals surface area contributed by atoms with E-state index in [2.05, 4.69) is 93.5 Å². The highest BCUT2D eigenvalue weighted by Crippen LogP contribution is 2.46. The molecule has 1 aromatic heterocycles. The van der Waals surface area contributed by atoms with Gasteiger partial charge in [-0.25, -0.2) is 4.79 Å². The number of carboxylic acids is 1. The predicted octanol–water partition coefficient (Wildman–Crippen LogP) is 7.51. The van der Waals surface area contributed by atoms with Crippen molar-refractivity contribution in [3.8, 4) is 21.6 Å². The molecule has 3 aromatic carbocycles. The number of aryl methyl sites for hydroxylation is 1. The molecule has 0 atom stereocenters. The maximum atomic E-state index is 12.5. The molecule has 0 radical (unpaired) electrons. The van der Waals surface area contributed by atoms with E-state index in [4.69, 9.17) is 0 Å². The SMILES string of the molecule is CN(C)Cc1cc(-c2ccc3ccccc3c2)ccc1-c1sc2c(c1C(=O)O)CC(C)(C)CC2. The van der Waals surface area contributed by atoms with Crippen LogP contribution in [0.5, 0.6) is 0 Å². The van der Waals surface area contributed by atoms with Crippen LogP contribution >= 0.6 is 11.3 Å². The molecule has 5 rings (SSSR count). The van der Waals surface area contributed by atoms with Gasteiger partial charge in [0.25, 0.3) is 0 Å². The Balaban J connectivity index is 1.65. The number of nitrogens with zero attached hydrogens (tertiary/aromatic N) is 1. The van der Waals surface area contributed by atoms with Crippen molar-refractivity contribution >= 4 is 28.1 Å². The van der Waals surface area contributed by atoms with E-state index in [0.717, 1.165) is 52.9 Å². The molecule has 0 aliphatic heterocycles. The van der Waals surface area contributed by atoms with Crippen LogP contribution in [0.15, 0.2) is 60.7 Å². The van der Waals surface area contributed by atoms with Crippen molar-refractivity contribution in [2.45, 2.75) is 39.7 Å². The summed E-state index contributed by atoms with van der Waals surface area (Å²) in [6.45, 7) is 5.24. The lowest BCUT2D eigenvalue weighted by Crippen LogP contribution is -2.22. The summed E-state index contributed by atoms with van der Waals surface area (Å²) in [6.07, 6.45) is 2.90. The Morgan fingerprint density at radius 3 is 2.44 bits per heavy atom. The molecule has 4 heteroatoms. The Hall–Kier alpha value is -2.95. The summed E-state index contributed by atoms with van der Waals surface area (Å²) >= 11 is 1.69. The van der Waals surface area contributed by atoms with Gasteiger partial charge in [0, 0.05) is 16.3 Å². The summed E-state index contributed by atoms with van der Waals surface area (Å²) in [5, 5.41) is 12.7. The zero-order chi connectivity index (χ0) is 24.0. The second-order valence-electron chi connectivity index (χ2n) is 10.5. The molecular formula is C30H31NO2S. The number of hydrogen-bond acceptors (Lipinski definition) is 3. The topological polar surface area (TPSA) is 40.5 Å². The molecule has 3 nitrogen and oxygen atoms in total. The van der Waals surface area contributed by atoms with Crippen LogP contribution in [0.4, 0.5) is 0 Å². The fourth-order valence-corrected chi connectivity index (χ4v) is 6.54. The van der Waals surface area contributed by atoms with Gasteiger partial charge in [-0.2, -0.15) is 0 Å². The van der Waals surface area contributed by atoms with Gasteiger partial charge in [-0.05, 0) is 89.5 Å². The summed E-state index contributed by atoms with van der Waals surface area (Å²) in [4.78, 5) is 16.8. The monoisotopic (exact) mass is 469 g/mol. The first-order valence-corrected chi connectivity index (χ1v) is 12.7. The zero-order valence-electron chi connectivity index (χ0n) is 20.3. The van der Waals surface area contributed by atoms with Gasteiger partial charge in [-0.1, -0.05) is 62.4 Å². The molecule has 174 valence electrons. The van der Waals surface area contributed by atoms with Crippen LogP contribution in [-0.2, 0) is 19.4 Å². The van der Waals surface area contributed by atoms with E-state index in [9.17, 15) is 9.90 Å². The quantitative estimate of drug-likeness (QED) is 0.329. The van der Waals surface area contributed by atoms with E-state index < -0.39 is 5.97 Å². The average molecular weight is 470 g/mol. The van der Waals surface area contributed by atoms with Crippen LogP contribution in [0.25, 0.3) is 32.3 Å². The van der Waals surface area contributed by atoms with Crippen LogP contribution < -0.4 is 0 Å². The lowest BCUT2D eigenvalue weighted by Gasteiger charge is -2.29. The van der Waals surface area contributed by atoms with E-state index in [-0.39, 0.29) is 5.41 Å². The fraction of sp³-hybridized carbons (Fsp3) is 0.300. The Labute approximate surface area is 205 Å². The van der Waals surface area contributed by atoms with Gasteiger partial charge in [0.1, 0.15) is 0 Å². The minimum Gasteiger partial charge on any atom is -0.478 e. The maximum absolute atomic E-state index is 12.5. The minimum absolute atomic E-state index is 0.141. The van der Waals surface area contributed by atoms with Crippen molar-refractivity contribution in [2.75, 3.05) is 14.1 Å². The number of fused-ring (bicyclic) bond motifs is 2. The summed E-state index contributed by atoms with van der Waals surface area (Å²) in [6, 6.07) is 21.5. The number of carboxylic acid groups (broad SMARTS) is 1.